The lowest BCUT2D eigenvalue weighted by atomic mass is 10.2. The lowest BCUT2D eigenvalue weighted by Crippen LogP contribution is -2.32. The van der Waals surface area contributed by atoms with Gasteiger partial charge >= 0.3 is 6.18 Å². The van der Waals surface area contributed by atoms with Crippen LogP contribution in [0.4, 0.5) is 18.9 Å². The topological polar surface area (TPSA) is 42.1 Å². The normalized spacial score (nSPS) is 17.0. The van der Waals surface area contributed by atoms with Gasteiger partial charge in [0.15, 0.2) is 0 Å². The van der Waals surface area contributed by atoms with Crippen LogP contribution in [0.5, 0.6) is 0 Å². The second-order valence-corrected chi connectivity index (χ2v) is 4.52. The van der Waals surface area contributed by atoms with E-state index < -0.39 is 12.7 Å². The number of nitrogens with two attached hydrogens (primary N) is 1. The van der Waals surface area contributed by atoms with Crippen molar-refractivity contribution in [3.8, 4) is 0 Å². The molecule has 0 saturated heterocycles. The van der Waals surface area contributed by atoms with Crippen molar-refractivity contribution in [2.45, 2.75) is 6.18 Å². The number of nitrogen functional groups attached to an aromatic ring is 1. The lowest BCUT2D eigenvalue weighted by molar-refractivity contribution is -0.142. The second kappa shape index (κ2) is 4.78. The van der Waals surface area contributed by atoms with Crippen LogP contribution in [0.15, 0.2) is 18.3 Å². The van der Waals surface area contributed by atoms with Crippen LogP contribution in [0.2, 0.25) is 5.02 Å². The molecule has 0 spiro atoms. The summed E-state index contributed by atoms with van der Waals surface area (Å²) in [5.74, 6) is 0. The van der Waals surface area contributed by atoms with Gasteiger partial charge in [-0.2, -0.15) is 13.2 Å². The molecule has 18 heavy (non-hydrogen) atoms. The van der Waals surface area contributed by atoms with Gasteiger partial charge in [0.1, 0.15) is 0 Å². The van der Waals surface area contributed by atoms with E-state index >= 15 is 0 Å². The quantitative estimate of drug-likeness (QED) is 0.903. The van der Waals surface area contributed by atoms with Crippen LogP contribution < -0.4 is 5.73 Å². The Morgan fingerprint density at radius 2 is 2.17 bits per heavy atom. The highest BCUT2D eigenvalue weighted by atomic mass is 35.5. The molecule has 0 bridgehead atoms. The summed E-state index contributed by atoms with van der Waals surface area (Å²) < 4.78 is 36.7. The van der Waals surface area contributed by atoms with Gasteiger partial charge in [-0.3, -0.25) is 9.88 Å². The third kappa shape index (κ3) is 3.14. The minimum atomic E-state index is -4.19. The fourth-order valence-electron chi connectivity index (χ4n) is 1.84. The van der Waals surface area contributed by atoms with Crippen molar-refractivity contribution in [3.63, 3.8) is 0 Å². The molecule has 1 aromatic rings. The van der Waals surface area contributed by atoms with Gasteiger partial charge in [0.05, 0.1) is 29.1 Å². The summed E-state index contributed by atoms with van der Waals surface area (Å²) in [7, 11) is 0. The molecule has 1 aromatic heterocycles. The Labute approximate surface area is 107 Å². The van der Waals surface area contributed by atoms with E-state index in [1.54, 1.807) is 6.08 Å². The Kier molecular flexibility index (Phi) is 3.49. The van der Waals surface area contributed by atoms with Crippen molar-refractivity contribution in [2.24, 2.45) is 0 Å². The highest BCUT2D eigenvalue weighted by Gasteiger charge is 2.32. The molecule has 3 nitrogen and oxygen atoms in total. The first kappa shape index (κ1) is 13.2. The maximum Gasteiger partial charge on any atom is 0.401 e. The Morgan fingerprint density at radius 3 is 2.78 bits per heavy atom. The van der Waals surface area contributed by atoms with Gasteiger partial charge in [-0.25, -0.2) is 0 Å². The summed E-state index contributed by atoms with van der Waals surface area (Å²) in [6.07, 6.45) is -1.05. The van der Waals surface area contributed by atoms with Crippen molar-refractivity contribution in [1.82, 2.24) is 9.88 Å². The Bertz CT molecular complexity index is 485. The van der Waals surface area contributed by atoms with Gasteiger partial charge in [0, 0.05) is 13.1 Å². The van der Waals surface area contributed by atoms with Crippen molar-refractivity contribution in [3.05, 3.63) is 29.1 Å². The number of rotatable bonds is 2. The molecular formula is C11H11ClF3N3. The summed E-state index contributed by atoms with van der Waals surface area (Å²) in [5, 5.41) is 0.357. The molecular weight excluding hydrogens is 267 g/mol. The van der Waals surface area contributed by atoms with E-state index in [2.05, 4.69) is 4.98 Å². The molecule has 2 N–H and O–H groups in total. The number of halogens is 4. The molecule has 0 radical (unpaired) electrons. The third-order valence-corrected chi connectivity index (χ3v) is 2.85. The molecule has 0 fully saturated rings. The average molecular weight is 278 g/mol. The molecule has 1 aliphatic rings. The van der Waals surface area contributed by atoms with E-state index in [4.69, 9.17) is 17.3 Å². The monoisotopic (exact) mass is 277 g/mol. The van der Waals surface area contributed by atoms with Crippen molar-refractivity contribution in [1.29, 1.82) is 0 Å². The smallest absolute Gasteiger partial charge is 0.397 e. The van der Waals surface area contributed by atoms with Gasteiger partial charge in [0.2, 0.25) is 0 Å². The predicted octanol–water partition coefficient (Wildman–Crippen LogP) is 2.58. The molecule has 0 amide bonds. The summed E-state index contributed by atoms with van der Waals surface area (Å²) in [6.45, 7) is -0.493. The van der Waals surface area contributed by atoms with Crippen LogP contribution in [-0.2, 0) is 0 Å². The maximum absolute atomic E-state index is 12.2. The molecule has 7 heteroatoms. The van der Waals surface area contributed by atoms with E-state index in [0.717, 1.165) is 0 Å². The molecule has 0 saturated carbocycles. The van der Waals surface area contributed by atoms with Crippen molar-refractivity contribution in [2.75, 3.05) is 25.4 Å². The third-order valence-electron chi connectivity index (χ3n) is 2.56. The zero-order valence-corrected chi connectivity index (χ0v) is 10.1. The SMILES string of the molecule is Nc1cnc(C2=CCN(CC(F)(F)F)C2)c(Cl)c1. The van der Waals surface area contributed by atoms with Crippen LogP contribution >= 0.6 is 11.6 Å². The van der Waals surface area contributed by atoms with Gasteiger partial charge in [0.25, 0.3) is 0 Å². The second-order valence-electron chi connectivity index (χ2n) is 4.11. The predicted molar refractivity (Wildman–Crippen MR) is 64.1 cm³/mol. The number of nitrogens with zero attached hydrogens (tertiary/aromatic N) is 2. The maximum atomic E-state index is 12.2. The van der Waals surface area contributed by atoms with Gasteiger partial charge in [-0.05, 0) is 11.6 Å². The van der Waals surface area contributed by atoms with Gasteiger partial charge in [-0.1, -0.05) is 17.7 Å². The van der Waals surface area contributed by atoms with Crippen LogP contribution in [0.3, 0.4) is 0 Å². The Balaban J connectivity index is 2.09. The standard InChI is InChI=1S/C11H11ClF3N3/c12-9-3-8(16)4-17-10(9)7-1-2-18(5-7)6-11(13,14)15/h1,3-4H,2,5-6,16H2. The first-order valence-electron chi connectivity index (χ1n) is 5.25. The minimum Gasteiger partial charge on any atom is -0.397 e. The molecule has 98 valence electrons. The number of hydrogen-bond donors (Lipinski definition) is 1. The van der Waals surface area contributed by atoms with Crippen LogP contribution in [-0.4, -0.2) is 35.7 Å². The summed E-state index contributed by atoms with van der Waals surface area (Å²) in [4.78, 5) is 5.34. The zero-order valence-electron chi connectivity index (χ0n) is 9.34. The first-order valence-corrected chi connectivity index (χ1v) is 5.62. The van der Waals surface area contributed by atoms with Gasteiger partial charge in [-0.15, -0.1) is 0 Å². The minimum absolute atomic E-state index is 0.191. The zero-order chi connectivity index (χ0) is 13.3. The molecule has 2 rings (SSSR count). The highest BCUT2D eigenvalue weighted by molar-refractivity contribution is 6.32. The molecule has 0 atom stereocenters. The summed E-state index contributed by atoms with van der Waals surface area (Å²) >= 11 is 5.97. The van der Waals surface area contributed by atoms with Crippen LogP contribution in [0.1, 0.15) is 5.69 Å². The molecule has 2 heterocycles. The largest absolute Gasteiger partial charge is 0.401 e. The number of hydrogen-bond acceptors (Lipinski definition) is 3. The molecule has 0 unspecified atom stereocenters. The highest BCUT2D eigenvalue weighted by Crippen LogP contribution is 2.28. The first-order chi connectivity index (χ1) is 8.35. The van der Waals surface area contributed by atoms with E-state index in [0.29, 0.717) is 22.0 Å². The fourth-order valence-corrected chi connectivity index (χ4v) is 2.14. The van der Waals surface area contributed by atoms with Gasteiger partial charge < -0.3 is 5.73 Å². The summed E-state index contributed by atoms with van der Waals surface area (Å²) in [6, 6.07) is 1.54. The Hall–Kier alpha value is -1.27. The summed E-state index contributed by atoms with van der Waals surface area (Å²) in [5.41, 5.74) is 7.13. The average Bonchev–Trinajstić information content (AvgIpc) is 2.63. The van der Waals surface area contributed by atoms with Crippen LogP contribution in [0, 0.1) is 0 Å². The van der Waals surface area contributed by atoms with E-state index in [-0.39, 0.29) is 13.1 Å². The Morgan fingerprint density at radius 1 is 1.44 bits per heavy atom. The van der Waals surface area contributed by atoms with E-state index in [9.17, 15) is 13.2 Å². The van der Waals surface area contributed by atoms with Crippen molar-refractivity contribution >= 4 is 22.9 Å². The molecule has 1 aliphatic heterocycles. The van der Waals surface area contributed by atoms with E-state index in [1.807, 2.05) is 0 Å². The molecule has 0 aliphatic carbocycles. The van der Waals surface area contributed by atoms with Crippen molar-refractivity contribution < 1.29 is 13.2 Å². The fraction of sp³-hybridized carbons (Fsp3) is 0.364. The number of aromatic nitrogens is 1. The number of pyridine rings is 1. The number of alkyl halides is 3. The lowest BCUT2D eigenvalue weighted by Gasteiger charge is -2.17. The van der Waals surface area contributed by atoms with E-state index in [1.165, 1.54) is 17.2 Å². The van der Waals surface area contributed by atoms with Crippen LogP contribution in [0.25, 0.3) is 5.57 Å². The molecule has 0 aromatic carbocycles. The number of anilines is 1.